The fourth-order valence-electron chi connectivity index (χ4n) is 3.10. The summed E-state index contributed by atoms with van der Waals surface area (Å²) in [6, 6.07) is -0.469. The molecule has 2 aliphatic rings. The Labute approximate surface area is 125 Å². The monoisotopic (exact) mass is 299 g/mol. The third kappa shape index (κ3) is 3.65. The van der Waals surface area contributed by atoms with E-state index >= 15 is 0 Å². The highest BCUT2D eigenvalue weighted by Crippen LogP contribution is 2.23. The Morgan fingerprint density at radius 2 is 2.19 bits per heavy atom. The average molecular weight is 299 g/mol. The van der Waals surface area contributed by atoms with E-state index in [0.29, 0.717) is 26.2 Å². The Morgan fingerprint density at radius 3 is 2.81 bits per heavy atom. The first-order valence-corrected chi connectivity index (χ1v) is 7.66. The molecule has 3 atom stereocenters. The molecule has 0 aliphatic carbocycles. The highest BCUT2D eigenvalue weighted by molar-refractivity contribution is 5.77. The van der Waals surface area contributed by atoms with E-state index in [1.807, 2.05) is 6.92 Å². The van der Waals surface area contributed by atoms with E-state index in [9.17, 15) is 14.7 Å². The molecule has 2 heterocycles. The molecule has 0 aromatic carbocycles. The summed E-state index contributed by atoms with van der Waals surface area (Å²) < 4.78 is 5.30. The number of aliphatic carboxylic acids is 1. The number of carboxylic acid groups (broad SMARTS) is 1. The number of ether oxygens (including phenoxy) is 1. The Kier molecular flexibility index (Phi) is 5.41. The molecular formula is C14H25N3O4. The van der Waals surface area contributed by atoms with Gasteiger partial charge in [0.25, 0.3) is 0 Å². The molecule has 0 aromatic rings. The maximum atomic E-state index is 12.7. The quantitative estimate of drug-likeness (QED) is 0.780. The summed E-state index contributed by atoms with van der Waals surface area (Å²) in [4.78, 5) is 27.5. The molecular weight excluding hydrogens is 274 g/mol. The van der Waals surface area contributed by atoms with Gasteiger partial charge in [-0.2, -0.15) is 0 Å². The van der Waals surface area contributed by atoms with Gasteiger partial charge in [-0.05, 0) is 19.3 Å². The zero-order valence-electron chi connectivity index (χ0n) is 12.5. The second-order valence-corrected chi connectivity index (χ2v) is 5.87. The van der Waals surface area contributed by atoms with E-state index in [2.05, 4.69) is 0 Å². The Balaban J connectivity index is 2.10. The molecule has 0 radical (unpaired) electrons. The van der Waals surface area contributed by atoms with Crippen LogP contribution in [-0.2, 0) is 9.53 Å². The highest BCUT2D eigenvalue weighted by atomic mass is 16.5. The molecule has 2 fully saturated rings. The zero-order chi connectivity index (χ0) is 15.4. The maximum Gasteiger partial charge on any atom is 0.320 e. The lowest BCUT2D eigenvalue weighted by molar-refractivity contribution is -0.142. The van der Waals surface area contributed by atoms with Gasteiger partial charge in [0.15, 0.2) is 0 Å². The lowest BCUT2D eigenvalue weighted by Crippen LogP contribution is -2.55. The lowest BCUT2D eigenvalue weighted by atomic mass is 10.0. The van der Waals surface area contributed by atoms with Crippen molar-refractivity contribution >= 4 is 12.0 Å². The number of nitrogens with two attached hydrogens (primary N) is 1. The molecule has 21 heavy (non-hydrogen) atoms. The number of piperidine rings is 1. The van der Waals surface area contributed by atoms with Crippen LogP contribution < -0.4 is 5.73 Å². The minimum Gasteiger partial charge on any atom is -0.481 e. The van der Waals surface area contributed by atoms with Gasteiger partial charge in [0.05, 0.1) is 19.3 Å². The van der Waals surface area contributed by atoms with Crippen LogP contribution in [-0.4, -0.2) is 71.8 Å². The summed E-state index contributed by atoms with van der Waals surface area (Å²) in [7, 11) is 0. The first kappa shape index (κ1) is 16.0. The number of hydrogen-bond acceptors (Lipinski definition) is 4. The van der Waals surface area contributed by atoms with Gasteiger partial charge in [0.2, 0.25) is 0 Å². The lowest BCUT2D eigenvalue weighted by Gasteiger charge is -2.38. The molecule has 3 unspecified atom stereocenters. The number of hydrogen-bond donors (Lipinski definition) is 2. The van der Waals surface area contributed by atoms with Gasteiger partial charge in [0, 0.05) is 25.7 Å². The largest absolute Gasteiger partial charge is 0.481 e. The molecule has 0 bridgehead atoms. The number of carbonyl (C=O) groups excluding carboxylic acids is 1. The molecule has 3 N–H and O–H groups in total. The number of nitrogens with zero attached hydrogens (tertiary/aromatic N) is 2. The molecule has 2 aliphatic heterocycles. The SMILES string of the molecule is CCCN(C(=O)N1CCCC(N)C1)C1COCC1C(=O)O. The second-order valence-electron chi connectivity index (χ2n) is 5.87. The van der Waals surface area contributed by atoms with Gasteiger partial charge in [-0.25, -0.2) is 4.79 Å². The zero-order valence-corrected chi connectivity index (χ0v) is 12.5. The third-order valence-electron chi connectivity index (χ3n) is 4.21. The smallest absolute Gasteiger partial charge is 0.320 e. The van der Waals surface area contributed by atoms with Gasteiger partial charge < -0.3 is 25.4 Å². The molecule has 2 rings (SSSR count). The maximum absolute atomic E-state index is 12.7. The van der Waals surface area contributed by atoms with Crippen LogP contribution in [0.15, 0.2) is 0 Å². The van der Waals surface area contributed by atoms with Gasteiger partial charge in [-0.1, -0.05) is 6.92 Å². The second kappa shape index (κ2) is 7.09. The van der Waals surface area contributed by atoms with Crippen molar-refractivity contribution in [1.29, 1.82) is 0 Å². The number of carbonyl (C=O) groups is 2. The van der Waals surface area contributed by atoms with Crippen LogP contribution in [0.2, 0.25) is 0 Å². The number of likely N-dealkylation sites (tertiary alicyclic amines) is 1. The summed E-state index contributed by atoms with van der Waals surface area (Å²) in [6.07, 6.45) is 2.62. The fourth-order valence-corrected chi connectivity index (χ4v) is 3.10. The minimum atomic E-state index is -0.901. The molecule has 0 spiro atoms. The summed E-state index contributed by atoms with van der Waals surface area (Å²) in [5.74, 6) is -1.54. The van der Waals surface area contributed by atoms with Crippen LogP contribution in [0.5, 0.6) is 0 Å². The third-order valence-corrected chi connectivity index (χ3v) is 4.21. The topological polar surface area (TPSA) is 96.1 Å². The van der Waals surface area contributed by atoms with E-state index < -0.39 is 11.9 Å². The van der Waals surface area contributed by atoms with Crippen LogP contribution in [0.25, 0.3) is 0 Å². The van der Waals surface area contributed by atoms with Gasteiger partial charge in [-0.3, -0.25) is 4.79 Å². The van der Waals surface area contributed by atoms with E-state index in [1.54, 1.807) is 9.80 Å². The van der Waals surface area contributed by atoms with Gasteiger partial charge in [0.1, 0.15) is 5.92 Å². The Morgan fingerprint density at radius 1 is 1.43 bits per heavy atom. The van der Waals surface area contributed by atoms with E-state index in [1.165, 1.54) is 0 Å². The van der Waals surface area contributed by atoms with Crippen LogP contribution >= 0.6 is 0 Å². The summed E-state index contributed by atoms with van der Waals surface area (Å²) in [5.41, 5.74) is 5.93. The Bertz CT molecular complexity index is 390. The van der Waals surface area contributed by atoms with Crippen molar-refractivity contribution in [3.63, 3.8) is 0 Å². The van der Waals surface area contributed by atoms with Crippen molar-refractivity contribution in [2.75, 3.05) is 32.8 Å². The molecule has 2 saturated heterocycles. The van der Waals surface area contributed by atoms with E-state index in [0.717, 1.165) is 19.3 Å². The normalized spacial score (nSPS) is 29.4. The van der Waals surface area contributed by atoms with Crippen molar-refractivity contribution in [2.24, 2.45) is 11.7 Å². The predicted octanol–water partition coefficient (Wildman–Crippen LogP) is 0.341. The van der Waals surface area contributed by atoms with Crippen molar-refractivity contribution in [3.05, 3.63) is 0 Å². The van der Waals surface area contributed by atoms with Crippen LogP contribution in [0.4, 0.5) is 4.79 Å². The molecule has 7 heteroatoms. The van der Waals surface area contributed by atoms with Gasteiger partial charge >= 0.3 is 12.0 Å². The summed E-state index contributed by atoms with van der Waals surface area (Å²) in [6.45, 7) is 4.23. The summed E-state index contributed by atoms with van der Waals surface area (Å²) >= 11 is 0. The first-order valence-electron chi connectivity index (χ1n) is 7.66. The van der Waals surface area contributed by atoms with E-state index in [4.69, 9.17) is 10.5 Å². The van der Waals surface area contributed by atoms with Gasteiger partial charge in [-0.15, -0.1) is 0 Å². The Hall–Kier alpha value is -1.34. The van der Waals surface area contributed by atoms with Crippen molar-refractivity contribution in [1.82, 2.24) is 9.80 Å². The molecule has 0 aromatic heterocycles. The number of carboxylic acids is 1. The summed E-state index contributed by atoms with van der Waals surface area (Å²) in [5, 5.41) is 9.28. The minimum absolute atomic E-state index is 0.0151. The number of rotatable bonds is 4. The van der Waals surface area contributed by atoms with Crippen LogP contribution in [0.3, 0.4) is 0 Å². The van der Waals surface area contributed by atoms with E-state index in [-0.39, 0.29) is 24.7 Å². The standard InChI is InChI=1S/C14H25N3O4/c1-2-5-17(12-9-21-8-11(12)13(18)19)14(20)16-6-3-4-10(15)7-16/h10-12H,2-9,15H2,1H3,(H,18,19). The molecule has 0 saturated carbocycles. The van der Waals surface area contributed by atoms with Crippen LogP contribution in [0.1, 0.15) is 26.2 Å². The molecule has 7 nitrogen and oxygen atoms in total. The van der Waals surface area contributed by atoms with Crippen molar-refractivity contribution in [2.45, 2.75) is 38.3 Å². The molecule has 120 valence electrons. The first-order chi connectivity index (χ1) is 10.0. The average Bonchev–Trinajstić information content (AvgIpc) is 2.93. The number of urea groups is 1. The highest BCUT2D eigenvalue weighted by Gasteiger charge is 2.41. The van der Waals surface area contributed by atoms with Crippen molar-refractivity contribution in [3.8, 4) is 0 Å². The molecule has 2 amide bonds. The van der Waals surface area contributed by atoms with Crippen molar-refractivity contribution < 1.29 is 19.4 Å². The fraction of sp³-hybridized carbons (Fsp3) is 0.857. The predicted molar refractivity (Wildman–Crippen MR) is 76.9 cm³/mol. The number of amides is 2. The van der Waals surface area contributed by atoms with Crippen LogP contribution in [0, 0.1) is 5.92 Å².